The summed E-state index contributed by atoms with van der Waals surface area (Å²) in [5.41, 5.74) is 1.22. The molecule has 3 aromatic heterocycles. The summed E-state index contributed by atoms with van der Waals surface area (Å²) in [4.78, 5) is 36.6. The van der Waals surface area contributed by atoms with E-state index in [0.717, 1.165) is 5.01 Å². The van der Waals surface area contributed by atoms with Gasteiger partial charge in [-0.1, -0.05) is 6.07 Å². The quantitative estimate of drug-likeness (QED) is 0.643. The lowest BCUT2D eigenvalue weighted by Gasteiger charge is -2.24. The molecular weight excluding hydrogens is 390 g/mol. The molecule has 0 saturated carbocycles. The number of pyridine rings is 1. The molecule has 1 aliphatic rings. The maximum atomic E-state index is 13.3. The summed E-state index contributed by atoms with van der Waals surface area (Å²) in [6.07, 6.45) is 1.63. The Morgan fingerprint density at radius 3 is 2.62 bits per heavy atom. The third-order valence-electron chi connectivity index (χ3n) is 4.75. The third kappa shape index (κ3) is 3.36. The molecule has 1 N–H and O–H groups in total. The Hall–Kier alpha value is -3.26. The minimum Gasteiger partial charge on any atom is -0.503 e. The van der Waals surface area contributed by atoms with E-state index in [4.69, 9.17) is 4.42 Å². The topological polar surface area (TPSA) is 96.5 Å². The van der Waals surface area contributed by atoms with Crippen LogP contribution < -0.4 is 0 Å². The van der Waals surface area contributed by atoms with E-state index in [9.17, 15) is 14.7 Å². The molecule has 1 amide bonds. The van der Waals surface area contributed by atoms with Gasteiger partial charge in [-0.05, 0) is 45.0 Å². The number of hydrogen-bond acceptors (Lipinski definition) is 7. The number of aryl methyl sites for hydroxylation is 3. The first-order chi connectivity index (χ1) is 13.9. The van der Waals surface area contributed by atoms with Crippen LogP contribution in [-0.4, -0.2) is 31.7 Å². The molecule has 0 fully saturated rings. The Morgan fingerprint density at radius 2 is 2.03 bits per heavy atom. The zero-order chi connectivity index (χ0) is 20.7. The van der Waals surface area contributed by atoms with Crippen molar-refractivity contribution in [2.24, 2.45) is 0 Å². The van der Waals surface area contributed by atoms with E-state index in [-0.39, 0.29) is 12.1 Å². The van der Waals surface area contributed by atoms with Gasteiger partial charge in [-0.15, -0.1) is 11.3 Å². The Kier molecular flexibility index (Phi) is 4.79. The molecule has 0 spiro atoms. The highest BCUT2D eigenvalue weighted by molar-refractivity contribution is 7.14. The number of amides is 1. The van der Waals surface area contributed by atoms with Gasteiger partial charge in [0.15, 0.2) is 5.76 Å². The van der Waals surface area contributed by atoms with Crippen LogP contribution in [0.3, 0.4) is 0 Å². The standard InChI is InChI=1S/C21H19N3O4S/c1-11-7-8-15(28-11)17-16(18(25)20-12(2)23-13(3)29-20)19(26)21(27)24(17)10-14-6-4-5-9-22-14/h4-9,17,26H,10H2,1-3H3. The Balaban J connectivity index is 1.80. The predicted molar refractivity (Wildman–Crippen MR) is 107 cm³/mol. The number of rotatable bonds is 5. The Morgan fingerprint density at radius 1 is 1.24 bits per heavy atom. The fraction of sp³-hybridized carbons (Fsp3) is 0.238. The van der Waals surface area contributed by atoms with E-state index in [2.05, 4.69) is 9.97 Å². The summed E-state index contributed by atoms with van der Waals surface area (Å²) in [5.74, 6) is -0.541. The normalized spacial score (nSPS) is 16.7. The average Bonchev–Trinajstić information content (AvgIpc) is 3.34. The lowest BCUT2D eigenvalue weighted by molar-refractivity contribution is -0.130. The number of nitrogens with zero attached hydrogens (tertiary/aromatic N) is 3. The number of carbonyl (C=O) groups excluding carboxylic acids is 2. The molecule has 8 heteroatoms. The summed E-state index contributed by atoms with van der Waals surface area (Å²) in [7, 11) is 0. The van der Waals surface area contributed by atoms with Gasteiger partial charge in [-0.25, -0.2) is 4.98 Å². The fourth-order valence-electron chi connectivity index (χ4n) is 3.48. The van der Waals surface area contributed by atoms with Crippen LogP contribution in [0.15, 0.2) is 52.3 Å². The summed E-state index contributed by atoms with van der Waals surface area (Å²) < 4.78 is 5.76. The highest BCUT2D eigenvalue weighted by atomic mass is 32.1. The molecule has 0 bridgehead atoms. The molecule has 0 saturated heterocycles. The summed E-state index contributed by atoms with van der Waals surface area (Å²) in [5, 5.41) is 11.4. The first kappa shape index (κ1) is 19.1. The predicted octanol–water partition coefficient (Wildman–Crippen LogP) is 3.83. The number of Topliss-reactive ketones (excluding diaryl/α,β-unsaturated/α-hetero) is 1. The molecule has 0 aliphatic carbocycles. The zero-order valence-electron chi connectivity index (χ0n) is 16.2. The van der Waals surface area contributed by atoms with Crippen molar-refractivity contribution in [2.45, 2.75) is 33.4 Å². The summed E-state index contributed by atoms with van der Waals surface area (Å²) >= 11 is 1.24. The van der Waals surface area contributed by atoms with E-state index in [1.54, 1.807) is 44.3 Å². The fourth-order valence-corrected chi connectivity index (χ4v) is 4.35. The van der Waals surface area contributed by atoms with Crippen molar-refractivity contribution < 1.29 is 19.1 Å². The molecule has 29 heavy (non-hydrogen) atoms. The number of carbonyl (C=O) groups is 2. The van der Waals surface area contributed by atoms with Crippen LogP contribution in [0, 0.1) is 20.8 Å². The maximum absolute atomic E-state index is 13.3. The van der Waals surface area contributed by atoms with Crippen molar-refractivity contribution in [3.63, 3.8) is 0 Å². The number of aliphatic hydroxyl groups is 1. The largest absolute Gasteiger partial charge is 0.503 e. The molecule has 0 radical (unpaired) electrons. The lowest BCUT2D eigenvalue weighted by atomic mass is 9.99. The van der Waals surface area contributed by atoms with Crippen LogP contribution in [0.25, 0.3) is 0 Å². The molecular formula is C21H19N3O4S. The smallest absolute Gasteiger partial charge is 0.290 e. The first-order valence-electron chi connectivity index (χ1n) is 9.06. The van der Waals surface area contributed by atoms with Crippen molar-refractivity contribution in [3.8, 4) is 0 Å². The van der Waals surface area contributed by atoms with Crippen LogP contribution >= 0.6 is 11.3 Å². The van der Waals surface area contributed by atoms with Crippen molar-refractivity contribution >= 4 is 23.0 Å². The van der Waals surface area contributed by atoms with Gasteiger partial charge in [0.1, 0.15) is 17.6 Å². The number of thiazole rings is 1. The van der Waals surface area contributed by atoms with Crippen molar-refractivity contribution in [1.82, 2.24) is 14.9 Å². The van der Waals surface area contributed by atoms with Gasteiger partial charge in [-0.2, -0.15) is 0 Å². The van der Waals surface area contributed by atoms with Gasteiger partial charge in [0.2, 0.25) is 5.78 Å². The van der Waals surface area contributed by atoms with Crippen LogP contribution in [0.1, 0.15) is 43.6 Å². The van der Waals surface area contributed by atoms with Crippen molar-refractivity contribution in [3.05, 3.63) is 80.7 Å². The Labute approximate surface area is 171 Å². The van der Waals surface area contributed by atoms with Crippen molar-refractivity contribution in [2.75, 3.05) is 0 Å². The number of ketones is 1. The minimum atomic E-state index is -0.840. The van der Waals surface area contributed by atoms with Gasteiger partial charge in [0.05, 0.1) is 33.4 Å². The van der Waals surface area contributed by atoms with Gasteiger partial charge < -0.3 is 14.4 Å². The van der Waals surface area contributed by atoms with E-state index >= 15 is 0 Å². The molecule has 1 atom stereocenters. The number of hydrogen-bond donors (Lipinski definition) is 1. The third-order valence-corrected chi connectivity index (χ3v) is 5.82. The molecule has 4 heterocycles. The van der Waals surface area contributed by atoms with Crippen LogP contribution in [0.2, 0.25) is 0 Å². The molecule has 148 valence electrons. The van der Waals surface area contributed by atoms with E-state index in [0.29, 0.717) is 27.8 Å². The van der Waals surface area contributed by atoms with Gasteiger partial charge in [-0.3, -0.25) is 14.6 Å². The van der Waals surface area contributed by atoms with Crippen LogP contribution in [0.4, 0.5) is 0 Å². The number of aromatic nitrogens is 2. The molecule has 1 unspecified atom stereocenters. The second-order valence-electron chi connectivity index (χ2n) is 6.84. The second-order valence-corrected chi connectivity index (χ2v) is 8.05. The van der Waals surface area contributed by atoms with E-state index < -0.39 is 23.5 Å². The molecule has 7 nitrogen and oxygen atoms in total. The SMILES string of the molecule is Cc1ccc(C2C(C(=O)c3sc(C)nc3C)=C(O)C(=O)N2Cc2ccccn2)o1. The number of furan rings is 1. The Bertz CT molecular complexity index is 1130. The molecule has 1 aliphatic heterocycles. The average molecular weight is 409 g/mol. The van der Waals surface area contributed by atoms with Gasteiger partial charge in [0.25, 0.3) is 5.91 Å². The van der Waals surface area contributed by atoms with Gasteiger partial charge >= 0.3 is 0 Å². The zero-order valence-corrected chi connectivity index (χ0v) is 17.0. The van der Waals surface area contributed by atoms with Gasteiger partial charge in [0, 0.05) is 6.20 Å². The van der Waals surface area contributed by atoms with E-state index in [1.165, 1.54) is 16.2 Å². The molecule has 4 rings (SSSR count). The molecule has 3 aromatic rings. The first-order valence-corrected chi connectivity index (χ1v) is 9.87. The maximum Gasteiger partial charge on any atom is 0.290 e. The number of aliphatic hydroxyl groups excluding tert-OH is 1. The second kappa shape index (κ2) is 7.29. The monoisotopic (exact) mass is 409 g/mol. The van der Waals surface area contributed by atoms with Crippen molar-refractivity contribution in [1.29, 1.82) is 0 Å². The van der Waals surface area contributed by atoms with Crippen LogP contribution in [-0.2, 0) is 11.3 Å². The van der Waals surface area contributed by atoms with E-state index in [1.807, 2.05) is 13.0 Å². The molecule has 0 aromatic carbocycles. The highest BCUT2D eigenvalue weighted by Crippen LogP contribution is 2.41. The summed E-state index contributed by atoms with van der Waals surface area (Å²) in [6, 6.07) is 8.02. The van der Waals surface area contributed by atoms with Crippen LogP contribution in [0.5, 0.6) is 0 Å². The highest BCUT2D eigenvalue weighted by Gasteiger charge is 2.46. The summed E-state index contributed by atoms with van der Waals surface area (Å²) in [6.45, 7) is 5.46. The minimum absolute atomic E-state index is 0.00651. The lowest BCUT2D eigenvalue weighted by Crippen LogP contribution is -2.30.